The molecule has 0 saturated heterocycles. The minimum atomic E-state index is -3.94. The van der Waals surface area contributed by atoms with Crippen molar-refractivity contribution in [3.05, 3.63) is 41.1 Å². The van der Waals surface area contributed by atoms with E-state index in [4.69, 9.17) is 32.5 Å². The molecule has 3 rings (SSSR count). The van der Waals surface area contributed by atoms with Gasteiger partial charge in [0.2, 0.25) is 11.5 Å². The number of rotatable bonds is 10. The first-order valence-corrected chi connectivity index (χ1v) is 14.2. The molecular weight excluding hydrogens is 551 g/mol. The number of fused-ring (bicyclic) bond motifs is 1. The summed E-state index contributed by atoms with van der Waals surface area (Å²) in [5.74, 6) is 6.95. The molecule has 1 aromatic heterocycles. The van der Waals surface area contributed by atoms with E-state index in [1.807, 2.05) is 0 Å². The van der Waals surface area contributed by atoms with Crippen LogP contribution in [0.4, 0.5) is 0 Å². The summed E-state index contributed by atoms with van der Waals surface area (Å²) in [5, 5.41) is 7.70. The first-order chi connectivity index (χ1) is 19.1. The molecule has 0 aliphatic carbocycles. The second-order valence-corrected chi connectivity index (χ2v) is 12.3. The van der Waals surface area contributed by atoms with Gasteiger partial charge in [0.25, 0.3) is 0 Å². The Bertz CT molecular complexity index is 1480. The number of ketones is 1. The molecule has 222 valence electrons. The van der Waals surface area contributed by atoms with Crippen LogP contribution in [0.5, 0.6) is 23.0 Å². The molecule has 41 heavy (non-hydrogen) atoms. The highest BCUT2D eigenvalue weighted by molar-refractivity contribution is 7.48. The van der Waals surface area contributed by atoms with Crippen LogP contribution in [0.3, 0.4) is 0 Å². The zero-order valence-electron chi connectivity index (χ0n) is 25.1. The van der Waals surface area contributed by atoms with Gasteiger partial charge < -0.3 is 18.9 Å². The summed E-state index contributed by atoms with van der Waals surface area (Å²) in [6.45, 7) is 10.2. The second-order valence-electron chi connectivity index (χ2n) is 10.8. The van der Waals surface area contributed by atoms with E-state index >= 15 is 0 Å². The molecule has 12 heteroatoms. The van der Waals surface area contributed by atoms with Crippen LogP contribution in [0.25, 0.3) is 10.9 Å². The summed E-state index contributed by atoms with van der Waals surface area (Å²) >= 11 is 0. The maximum absolute atomic E-state index is 13.6. The van der Waals surface area contributed by atoms with Crippen LogP contribution >= 0.6 is 7.82 Å². The van der Waals surface area contributed by atoms with E-state index in [0.29, 0.717) is 45.0 Å². The van der Waals surface area contributed by atoms with Gasteiger partial charge in [-0.1, -0.05) is 11.8 Å². The van der Waals surface area contributed by atoms with Crippen LogP contribution < -0.4 is 18.9 Å². The number of ether oxygens (including phenoxy) is 4. The summed E-state index contributed by atoms with van der Waals surface area (Å²) in [6, 6.07) is 6.53. The van der Waals surface area contributed by atoms with Gasteiger partial charge in [-0.3, -0.25) is 23.5 Å². The fraction of sp³-hybridized carbons (Fsp3) is 0.448. The quantitative estimate of drug-likeness (QED) is 0.173. The Morgan fingerprint density at radius 1 is 0.878 bits per heavy atom. The number of carbonyl (C=O) groups excluding carboxylic acids is 1. The number of hydrogen-bond donors (Lipinski definition) is 1. The SMILES string of the molecule is COc1cc(C(=O)c2[nH]nc3c(C#CCOP(=O)(OC(C)(C)C)OC(C)(C)C)c(OC)ccc23)cc(OC)c1OC. The number of methoxy groups -OCH3 is 4. The van der Waals surface area contributed by atoms with Gasteiger partial charge in [0, 0.05) is 10.9 Å². The molecule has 1 N–H and O–H groups in total. The van der Waals surface area contributed by atoms with E-state index < -0.39 is 19.0 Å². The Morgan fingerprint density at radius 2 is 1.44 bits per heavy atom. The monoisotopic (exact) mass is 588 g/mol. The van der Waals surface area contributed by atoms with E-state index in [0.717, 1.165) is 0 Å². The average Bonchev–Trinajstić information content (AvgIpc) is 3.31. The number of aromatic nitrogens is 2. The zero-order valence-corrected chi connectivity index (χ0v) is 26.0. The molecule has 1 heterocycles. The van der Waals surface area contributed by atoms with Crippen molar-refractivity contribution in [2.45, 2.75) is 52.7 Å². The van der Waals surface area contributed by atoms with Crippen molar-refractivity contribution in [1.29, 1.82) is 0 Å². The third-order valence-corrected chi connectivity index (χ3v) is 7.33. The maximum atomic E-state index is 13.6. The van der Waals surface area contributed by atoms with Gasteiger partial charge in [0.15, 0.2) is 11.5 Å². The number of aromatic amines is 1. The van der Waals surface area contributed by atoms with Crippen LogP contribution in [-0.4, -0.2) is 62.2 Å². The van der Waals surface area contributed by atoms with Gasteiger partial charge in [-0.05, 0) is 65.8 Å². The molecule has 0 amide bonds. The predicted molar refractivity (Wildman–Crippen MR) is 154 cm³/mol. The van der Waals surface area contributed by atoms with Gasteiger partial charge >= 0.3 is 7.82 Å². The van der Waals surface area contributed by atoms with E-state index in [-0.39, 0.29) is 18.1 Å². The highest BCUT2D eigenvalue weighted by Crippen LogP contribution is 2.55. The Labute approximate surface area is 240 Å². The Balaban J connectivity index is 1.97. The van der Waals surface area contributed by atoms with Gasteiger partial charge in [-0.25, -0.2) is 4.57 Å². The second kappa shape index (κ2) is 12.5. The molecule has 0 fully saturated rings. The molecule has 0 unspecified atom stereocenters. The number of nitrogens with zero attached hydrogens (tertiary/aromatic N) is 1. The molecule has 0 spiro atoms. The summed E-state index contributed by atoms with van der Waals surface area (Å²) in [4.78, 5) is 13.6. The lowest BCUT2D eigenvalue weighted by atomic mass is 10.0. The van der Waals surface area contributed by atoms with Gasteiger partial charge in [-0.2, -0.15) is 5.10 Å². The smallest absolute Gasteiger partial charge is 0.476 e. The van der Waals surface area contributed by atoms with E-state index in [1.54, 1.807) is 65.8 Å². The highest BCUT2D eigenvalue weighted by Gasteiger charge is 2.37. The summed E-state index contributed by atoms with van der Waals surface area (Å²) in [7, 11) is 1.99. The van der Waals surface area contributed by atoms with Crippen LogP contribution in [0.15, 0.2) is 24.3 Å². The van der Waals surface area contributed by atoms with E-state index in [1.165, 1.54) is 28.4 Å². The molecule has 3 aromatic rings. The van der Waals surface area contributed by atoms with Crippen molar-refractivity contribution in [2.75, 3.05) is 35.0 Å². The number of phosphoric acid groups is 1. The lowest BCUT2D eigenvalue weighted by Gasteiger charge is -2.30. The van der Waals surface area contributed by atoms with Gasteiger partial charge in [-0.15, -0.1) is 0 Å². The number of carbonyl (C=O) groups is 1. The van der Waals surface area contributed by atoms with Gasteiger partial charge in [0.1, 0.15) is 23.6 Å². The van der Waals surface area contributed by atoms with Crippen molar-refractivity contribution in [2.24, 2.45) is 0 Å². The first kappa shape index (κ1) is 32.0. The van der Waals surface area contributed by atoms with E-state index in [2.05, 4.69) is 22.0 Å². The molecule has 0 aliphatic heterocycles. The molecule has 0 saturated carbocycles. The Hall–Kier alpha value is -3.55. The van der Waals surface area contributed by atoms with Crippen molar-refractivity contribution in [1.82, 2.24) is 10.2 Å². The van der Waals surface area contributed by atoms with Crippen molar-refractivity contribution >= 4 is 24.5 Å². The standard InChI is InChI=1S/C29H37N2O9P/c1-28(2,3)39-41(33,40-29(4,5)6)38-15-11-12-19-21(34-7)14-13-20-24(19)30-31-25(20)26(32)18-16-22(35-8)27(37-10)23(17-18)36-9/h13-14,16-17H,15H2,1-10H3,(H,30,31). The third kappa shape index (κ3) is 7.80. The highest BCUT2D eigenvalue weighted by atomic mass is 31.2. The lowest BCUT2D eigenvalue weighted by Crippen LogP contribution is -2.24. The fourth-order valence-corrected chi connectivity index (χ4v) is 5.57. The predicted octanol–water partition coefficient (Wildman–Crippen LogP) is 5.93. The molecule has 2 aromatic carbocycles. The minimum absolute atomic E-state index is 0.234. The van der Waals surface area contributed by atoms with Crippen LogP contribution in [0, 0.1) is 11.8 Å². The van der Waals surface area contributed by atoms with E-state index in [9.17, 15) is 9.36 Å². The van der Waals surface area contributed by atoms with Crippen molar-refractivity contribution < 1.29 is 41.9 Å². The number of benzene rings is 2. The van der Waals surface area contributed by atoms with Crippen LogP contribution in [0.1, 0.15) is 63.2 Å². The molecule has 0 radical (unpaired) electrons. The number of H-pyrrole nitrogens is 1. The van der Waals surface area contributed by atoms with Gasteiger partial charge in [0.05, 0.1) is 45.2 Å². The average molecular weight is 589 g/mol. The normalized spacial score (nSPS) is 12.0. The molecule has 0 atom stereocenters. The summed E-state index contributed by atoms with van der Waals surface area (Å²) < 4.78 is 51.7. The Morgan fingerprint density at radius 3 is 1.93 bits per heavy atom. The fourth-order valence-electron chi connectivity index (χ4n) is 3.86. The molecule has 0 bridgehead atoms. The third-order valence-electron chi connectivity index (χ3n) is 5.34. The maximum Gasteiger partial charge on any atom is 0.476 e. The van der Waals surface area contributed by atoms with Crippen LogP contribution in [0.2, 0.25) is 0 Å². The van der Waals surface area contributed by atoms with Crippen molar-refractivity contribution in [3.8, 4) is 34.8 Å². The summed E-state index contributed by atoms with van der Waals surface area (Å²) in [6.07, 6.45) is 0. The Kier molecular flexibility index (Phi) is 9.77. The van der Waals surface area contributed by atoms with Crippen LogP contribution in [-0.2, 0) is 18.1 Å². The summed E-state index contributed by atoms with van der Waals surface area (Å²) in [5.41, 5.74) is -0.198. The number of phosphoric ester groups is 1. The topological polar surface area (TPSA) is 127 Å². The first-order valence-electron chi connectivity index (χ1n) is 12.7. The molecular formula is C29H37N2O9P. The largest absolute Gasteiger partial charge is 0.495 e. The number of nitrogens with one attached hydrogen (secondary N) is 1. The molecule has 0 aliphatic rings. The number of hydrogen-bond acceptors (Lipinski definition) is 10. The lowest BCUT2D eigenvalue weighted by molar-refractivity contribution is 0.00724. The molecule has 11 nitrogen and oxygen atoms in total. The minimum Gasteiger partial charge on any atom is -0.495 e. The zero-order chi connectivity index (χ0) is 30.6. The van der Waals surface area contributed by atoms with Crippen molar-refractivity contribution in [3.63, 3.8) is 0 Å².